The van der Waals surface area contributed by atoms with E-state index < -0.39 is 0 Å². The van der Waals surface area contributed by atoms with Crippen LogP contribution in [0.25, 0.3) is 0 Å². The van der Waals surface area contributed by atoms with Crippen LogP contribution in [0.1, 0.15) is 42.7 Å². The fourth-order valence-electron chi connectivity index (χ4n) is 2.83. The molecule has 0 aromatic carbocycles. The highest BCUT2D eigenvalue weighted by Gasteiger charge is 2.51. The molecule has 1 saturated carbocycles. The van der Waals surface area contributed by atoms with Gasteiger partial charge in [-0.2, -0.15) is 0 Å². The molecule has 2 rings (SSSR count). The van der Waals surface area contributed by atoms with E-state index in [0.717, 1.165) is 11.4 Å². The van der Waals surface area contributed by atoms with E-state index in [-0.39, 0.29) is 23.5 Å². The molecule has 2 unspecified atom stereocenters. The van der Waals surface area contributed by atoms with Crippen molar-refractivity contribution < 1.29 is 9.53 Å². The lowest BCUT2D eigenvalue weighted by Crippen LogP contribution is -2.62. The minimum absolute atomic E-state index is 0.0207. The number of nitrogens with zero attached hydrogens (tertiary/aromatic N) is 2. The summed E-state index contributed by atoms with van der Waals surface area (Å²) >= 11 is 1.43. The number of nitrogens with two attached hydrogens (primary N) is 1. The molecule has 0 saturated heterocycles. The van der Waals surface area contributed by atoms with Gasteiger partial charge in [0.15, 0.2) is 0 Å². The van der Waals surface area contributed by atoms with E-state index in [0.29, 0.717) is 18.8 Å². The van der Waals surface area contributed by atoms with Crippen LogP contribution in [-0.4, -0.2) is 41.6 Å². The molecule has 112 valence electrons. The number of aromatic nitrogens is 1. The molecule has 0 aliphatic heterocycles. The Morgan fingerprint density at radius 1 is 1.65 bits per heavy atom. The predicted molar refractivity (Wildman–Crippen MR) is 79.7 cm³/mol. The summed E-state index contributed by atoms with van der Waals surface area (Å²) in [7, 11) is 1.85. The normalized spacial score (nSPS) is 24.2. The Morgan fingerprint density at radius 2 is 2.35 bits per heavy atom. The van der Waals surface area contributed by atoms with Crippen molar-refractivity contribution in [3.8, 4) is 0 Å². The zero-order valence-electron chi connectivity index (χ0n) is 12.5. The fraction of sp³-hybridized carbons (Fsp3) is 0.714. The molecule has 1 fully saturated rings. The Hall–Kier alpha value is -0.980. The van der Waals surface area contributed by atoms with Gasteiger partial charge in [-0.05, 0) is 13.3 Å². The van der Waals surface area contributed by atoms with Crippen molar-refractivity contribution >= 4 is 17.2 Å². The minimum Gasteiger partial charge on any atom is -0.378 e. The topological polar surface area (TPSA) is 68.5 Å². The quantitative estimate of drug-likeness (QED) is 0.901. The first-order valence-electron chi connectivity index (χ1n) is 6.95. The van der Waals surface area contributed by atoms with Crippen molar-refractivity contribution in [3.05, 3.63) is 16.1 Å². The largest absolute Gasteiger partial charge is 0.378 e. The molecular formula is C14H23N3O2S. The second kappa shape index (κ2) is 5.79. The van der Waals surface area contributed by atoms with Gasteiger partial charge in [-0.15, -0.1) is 11.3 Å². The second-order valence-electron chi connectivity index (χ2n) is 5.76. The van der Waals surface area contributed by atoms with Crippen molar-refractivity contribution in [2.45, 2.75) is 45.9 Å². The van der Waals surface area contributed by atoms with Gasteiger partial charge >= 0.3 is 0 Å². The Morgan fingerprint density at radius 3 is 2.85 bits per heavy atom. The zero-order chi connectivity index (χ0) is 14.9. The van der Waals surface area contributed by atoms with Gasteiger partial charge in [-0.25, -0.2) is 4.98 Å². The monoisotopic (exact) mass is 297 g/mol. The van der Waals surface area contributed by atoms with Crippen molar-refractivity contribution in [2.24, 2.45) is 11.1 Å². The van der Waals surface area contributed by atoms with E-state index in [9.17, 15) is 4.79 Å². The molecule has 0 radical (unpaired) electrons. The van der Waals surface area contributed by atoms with Gasteiger partial charge in [0.25, 0.3) is 5.91 Å². The summed E-state index contributed by atoms with van der Waals surface area (Å²) in [6, 6.07) is 0.189. The lowest BCUT2D eigenvalue weighted by Gasteiger charge is -2.54. The van der Waals surface area contributed by atoms with Crippen molar-refractivity contribution in [1.29, 1.82) is 0 Å². The summed E-state index contributed by atoms with van der Waals surface area (Å²) in [4.78, 5) is 18.5. The van der Waals surface area contributed by atoms with Crippen molar-refractivity contribution in [3.63, 3.8) is 0 Å². The maximum Gasteiger partial charge on any atom is 0.273 e. The highest BCUT2D eigenvalue weighted by Crippen LogP contribution is 2.45. The maximum absolute atomic E-state index is 12.4. The third-order valence-electron chi connectivity index (χ3n) is 4.23. The van der Waals surface area contributed by atoms with Gasteiger partial charge in [0.1, 0.15) is 10.7 Å². The number of carbonyl (C=O) groups is 1. The summed E-state index contributed by atoms with van der Waals surface area (Å²) < 4.78 is 5.71. The molecule has 1 heterocycles. The molecular weight excluding hydrogens is 274 g/mol. The molecule has 0 spiro atoms. The third-order valence-corrected chi connectivity index (χ3v) is 5.10. The van der Waals surface area contributed by atoms with Crippen LogP contribution in [0.2, 0.25) is 0 Å². The molecule has 6 heteroatoms. The molecule has 20 heavy (non-hydrogen) atoms. The smallest absolute Gasteiger partial charge is 0.273 e. The number of amides is 1. The van der Waals surface area contributed by atoms with Crippen LogP contribution in [-0.2, 0) is 11.3 Å². The number of rotatable bonds is 5. The lowest BCUT2D eigenvalue weighted by molar-refractivity contribution is -0.136. The number of ether oxygens (including phenoxy) is 1. The van der Waals surface area contributed by atoms with Gasteiger partial charge in [0.05, 0.1) is 6.10 Å². The Balaban J connectivity index is 2.05. The average molecular weight is 297 g/mol. The van der Waals surface area contributed by atoms with Crippen molar-refractivity contribution in [2.75, 3.05) is 13.7 Å². The molecule has 1 amide bonds. The first-order valence-corrected chi connectivity index (χ1v) is 7.83. The SMILES string of the molecule is CCOC1CC(N(C)C(=O)c2csc(CN)n2)C1(C)C. The third kappa shape index (κ3) is 2.60. The van der Waals surface area contributed by atoms with Gasteiger partial charge < -0.3 is 15.4 Å². The summed E-state index contributed by atoms with van der Waals surface area (Å²) in [6.07, 6.45) is 1.11. The van der Waals surface area contributed by atoms with Crippen LogP contribution < -0.4 is 5.73 Å². The van der Waals surface area contributed by atoms with E-state index in [4.69, 9.17) is 10.5 Å². The highest BCUT2D eigenvalue weighted by molar-refractivity contribution is 7.09. The number of thiazole rings is 1. The Kier molecular flexibility index (Phi) is 4.46. The fourth-order valence-corrected chi connectivity index (χ4v) is 3.48. The van der Waals surface area contributed by atoms with E-state index in [1.165, 1.54) is 11.3 Å². The van der Waals surface area contributed by atoms with E-state index in [1.54, 1.807) is 10.3 Å². The predicted octanol–water partition coefficient (Wildman–Crippen LogP) is 1.88. The molecule has 1 aliphatic carbocycles. The van der Waals surface area contributed by atoms with Crippen LogP contribution in [0.3, 0.4) is 0 Å². The molecule has 1 aromatic heterocycles. The molecule has 1 aromatic rings. The van der Waals surface area contributed by atoms with Gasteiger partial charge in [-0.3, -0.25) is 4.79 Å². The van der Waals surface area contributed by atoms with Crippen molar-refractivity contribution in [1.82, 2.24) is 9.88 Å². The van der Waals surface area contributed by atoms with Gasteiger partial charge in [0, 0.05) is 37.0 Å². The zero-order valence-corrected chi connectivity index (χ0v) is 13.4. The molecule has 2 atom stereocenters. The molecule has 5 nitrogen and oxygen atoms in total. The maximum atomic E-state index is 12.4. The summed E-state index contributed by atoms with van der Waals surface area (Å²) in [6.45, 7) is 7.39. The first kappa shape index (κ1) is 15.4. The number of carbonyl (C=O) groups excluding carboxylic acids is 1. The second-order valence-corrected chi connectivity index (χ2v) is 6.71. The average Bonchev–Trinajstić information content (AvgIpc) is 2.90. The first-order chi connectivity index (χ1) is 9.41. The van der Waals surface area contributed by atoms with Crippen LogP contribution in [0.5, 0.6) is 0 Å². The highest BCUT2D eigenvalue weighted by atomic mass is 32.1. The summed E-state index contributed by atoms with van der Waals surface area (Å²) in [5.41, 5.74) is 6.01. The Labute approximate surface area is 124 Å². The van der Waals surface area contributed by atoms with Crippen LogP contribution >= 0.6 is 11.3 Å². The summed E-state index contributed by atoms with van der Waals surface area (Å²) in [5.74, 6) is -0.0334. The lowest BCUT2D eigenvalue weighted by atomic mass is 9.63. The van der Waals surface area contributed by atoms with Crippen LogP contribution in [0.15, 0.2) is 5.38 Å². The molecule has 2 N–H and O–H groups in total. The van der Waals surface area contributed by atoms with Gasteiger partial charge in [-0.1, -0.05) is 13.8 Å². The molecule has 1 aliphatic rings. The Bertz CT molecular complexity index is 487. The number of hydrogen-bond donors (Lipinski definition) is 1. The molecule has 0 bridgehead atoms. The van der Waals surface area contributed by atoms with Gasteiger partial charge in [0.2, 0.25) is 0 Å². The summed E-state index contributed by atoms with van der Waals surface area (Å²) in [5, 5.41) is 2.58. The minimum atomic E-state index is -0.0334. The van der Waals surface area contributed by atoms with Crippen LogP contribution in [0, 0.1) is 5.41 Å². The van der Waals surface area contributed by atoms with Crippen LogP contribution in [0.4, 0.5) is 0 Å². The van der Waals surface area contributed by atoms with E-state index in [2.05, 4.69) is 18.8 Å². The standard InChI is InChI=1S/C14H23N3O2S/c1-5-19-11-6-10(14(11,2)3)17(4)13(18)9-8-20-12(7-15)16-9/h8,10-11H,5-7,15H2,1-4H3. The van der Waals surface area contributed by atoms with E-state index in [1.807, 2.05) is 14.0 Å². The van der Waals surface area contributed by atoms with E-state index >= 15 is 0 Å². The number of hydrogen-bond acceptors (Lipinski definition) is 5.